The first-order valence-corrected chi connectivity index (χ1v) is 9.77. The van der Waals surface area contributed by atoms with Crippen LogP contribution in [0.1, 0.15) is 32.9 Å². The molecule has 1 heterocycles. The minimum Gasteiger partial charge on any atom is -0.457 e. The second-order valence-electron chi connectivity index (χ2n) is 6.15. The van der Waals surface area contributed by atoms with Crippen molar-refractivity contribution in [2.75, 3.05) is 0 Å². The number of hydrogen-bond donors (Lipinski definition) is 0. The number of halogens is 2. The highest BCUT2D eigenvalue weighted by atomic mass is 32.2. The van der Waals surface area contributed by atoms with Gasteiger partial charge in [0.1, 0.15) is 18.1 Å². The molecule has 0 N–H and O–H groups in total. The predicted molar refractivity (Wildman–Crippen MR) is 104 cm³/mol. The number of hydrogen-bond acceptors (Lipinski definition) is 6. The molecule has 1 aromatic heterocycles. The molecule has 0 atom stereocenters. The van der Waals surface area contributed by atoms with Crippen molar-refractivity contribution in [2.24, 2.45) is 0 Å². The Morgan fingerprint density at radius 1 is 1.14 bits per heavy atom. The number of benzene rings is 2. The molecule has 0 saturated heterocycles. The van der Waals surface area contributed by atoms with Crippen molar-refractivity contribution in [1.29, 1.82) is 0 Å². The average Bonchev–Trinajstić information content (AvgIpc) is 3.03. The number of alkyl halides is 2. The number of esters is 1. The van der Waals surface area contributed by atoms with E-state index >= 15 is 0 Å². The lowest BCUT2D eigenvalue weighted by Gasteiger charge is -2.12. The van der Waals surface area contributed by atoms with Gasteiger partial charge in [0, 0.05) is 21.8 Å². The van der Waals surface area contributed by atoms with Gasteiger partial charge in [0.25, 0.3) is 0 Å². The summed E-state index contributed by atoms with van der Waals surface area (Å²) in [6.07, 6.45) is 0. The van der Waals surface area contributed by atoms with Crippen molar-refractivity contribution in [3.63, 3.8) is 0 Å². The zero-order valence-electron chi connectivity index (χ0n) is 15.9. The summed E-state index contributed by atoms with van der Waals surface area (Å²) in [5.74, 6) is 0.775. The highest BCUT2D eigenvalue weighted by Gasteiger charge is 2.17. The largest absolute Gasteiger partial charge is 0.457 e. The molecular formula is C21H19F2NO4S. The van der Waals surface area contributed by atoms with E-state index < -0.39 is 12.6 Å². The van der Waals surface area contributed by atoms with Gasteiger partial charge in [-0.05, 0) is 32.0 Å². The van der Waals surface area contributed by atoms with Crippen molar-refractivity contribution < 1.29 is 27.6 Å². The Hall–Kier alpha value is -2.87. The molecule has 0 fully saturated rings. The lowest BCUT2D eigenvalue weighted by atomic mass is 10.2. The standard InChI is InChI=1S/C21H19F2NO4S/c1-13-17(14(2)28-24-13)12-29-19-10-6-4-8-16(19)20(25)26-11-15-7-3-5-9-18(15)27-21(22)23/h3-10,21H,11-12H2,1-2H3. The molecule has 0 spiro atoms. The SMILES string of the molecule is Cc1noc(C)c1CSc1ccccc1C(=O)OCc1ccccc1OC(F)F. The molecule has 0 radical (unpaired) electrons. The van der Waals surface area contributed by atoms with Gasteiger partial charge in [-0.3, -0.25) is 0 Å². The van der Waals surface area contributed by atoms with Crippen molar-refractivity contribution >= 4 is 17.7 Å². The van der Waals surface area contributed by atoms with Crippen LogP contribution >= 0.6 is 11.8 Å². The topological polar surface area (TPSA) is 61.6 Å². The molecular weight excluding hydrogens is 400 g/mol. The third-order valence-corrected chi connectivity index (χ3v) is 5.31. The first-order chi connectivity index (χ1) is 14.0. The van der Waals surface area contributed by atoms with E-state index in [0.717, 1.165) is 21.9 Å². The number of rotatable bonds is 8. The minimum atomic E-state index is -2.95. The number of aromatic nitrogens is 1. The van der Waals surface area contributed by atoms with E-state index in [-0.39, 0.29) is 12.4 Å². The maximum atomic E-state index is 12.6. The Labute approximate surface area is 171 Å². The van der Waals surface area contributed by atoms with E-state index in [9.17, 15) is 13.6 Å². The van der Waals surface area contributed by atoms with E-state index in [0.29, 0.717) is 16.9 Å². The van der Waals surface area contributed by atoms with Crippen LogP contribution in [-0.2, 0) is 17.1 Å². The number of thioether (sulfide) groups is 1. The third-order valence-electron chi connectivity index (χ3n) is 4.21. The van der Waals surface area contributed by atoms with Gasteiger partial charge in [0.2, 0.25) is 0 Å². The molecule has 152 valence electrons. The molecule has 2 aromatic carbocycles. The van der Waals surface area contributed by atoms with Crippen molar-refractivity contribution in [3.8, 4) is 5.75 Å². The molecule has 0 bridgehead atoms. The molecule has 0 saturated carbocycles. The second kappa shape index (κ2) is 9.56. The van der Waals surface area contributed by atoms with Gasteiger partial charge >= 0.3 is 12.6 Å². The fraction of sp³-hybridized carbons (Fsp3) is 0.238. The van der Waals surface area contributed by atoms with Crippen molar-refractivity contribution in [1.82, 2.24) is 5.16 Å². The van der Waals surface area contributed by atoms with Gasteiger partial charge in [0.05, 0.1) is 11.3 Å². The number of aryl methyl sites for hydroxylation is 2. The van der Waals surface area contributed by atoms with Crippen LogP contribution < -0.4 is 4.74 Å². The zero-order valence-corrected chi connectivity index (χ0v) is 16.7. The van der Waals surface area contributed by atoms with E-state index in [4.69, 9.17) is 9.26 Å². The van der Waals surface area contributed by atoms with Gasteiger partial charge in [-0.1, -0.05) is 35.5 Å². The first-order valence-electron chi connectivity index (χ1n) is 8.79. The van der Waals surface area contributed by atoms with E-state index in [1.807, 2.05) is 26.0 Å². The van der Waals surface area contributed by atoms with E-state index in [2.05, 4.69) is 9.89 Å². The Balaban J connectivity index is 1.69. The molecule has 8 heteroatoms. The number of nitrogens with zero attached hydrogens (tertiary/aromatic N) is 1. The van der Waals surface area contributed by atoms with E-state index in [1.165, 1.54) is 17.8 Å². The van der Waals surface area contributed by atoms with Gasteiger partial charge < -0.3 is 14.0 Å². The summed E-state index contributed by atoms with van der Waals surface area (Å²) in [6, 6.07) is 13.3. The summed E-state index contributed by atoms with van der Waals surface area (Å²) in [5, 5.41) is 3.93. The van der Waals surface area contributed by atoms with Crippen molar-refractivity contribution in [2.45, 2.75) is 37.7 Å². The van der Waals surface area contributed by atoms with Crippen molar-refractivity contribution in [3.05, 3.63) is 76.7 Å². The first kappa shape index (κ1) is 20.9. The normalized spacial score (nSPS) is 10.9. The summed E-state index contributed by atoms with van der Waals surface area (Å²) in [7, 11) is 0. The maximum absolute atomic E-state index is 12.6. The maximum Gasteiger partial charge on any atom is 0.387 e. The summed E-state index contributed by atoms with van der Waals surface area (Å²) in [4.78, 5) is 13.4. The van der Waals surface area contributed by atoms with Gasteiger partial charge in [-0.15, -0.1) is 11.8 Å². The summed E-state index contributed by atoms with van der Waals surface area (Å²) >= 11 is 1.47. The highest BCUT2D eigenvalue weighted by Crippen LogP contribution is 2.29. The molecule has 0 aliphatic rings. The number of carbonyl (C=O) groups is 1. The van der Waals surface area contributed by atoms with Gasteiger partial charge in [0.15, 0.2) is 0 Å². The van der Waals surface area contributed by atoms with Crippen LogP contribution in [0.2, 0.25) is 0 Å². The second-order valence-corrected chi connectivity index (χ2v) is 7.17. The van der Waals surface area contributed by atoms with Crippen LogP contribution in [0.25, 0.3) is 0 Å². The molecule has 3 rings (SSSR count). The highest BCUT2D eigenvalue weighted by molar-refractivity contribution is 7.98. The predicted octanol–water partition coefficient (Wildman–Crippen LogP) is 5.54. The fourth-order valence-corrected chi connectivity index (χ4v) is 3.87. The monoisotopic (exact) mass is 419 g/mol. The Bertz CT molecular complexity index is 971. The summed E-state index contributed by atoms with van der Waals surface area (Å²) < 4.78 is 40.0. The molecule has 29 heavy (non-hydrogen) atoms. The number of ether oxygens (including phenoxy) is 2. The van der Waals surface area contributed by atoms with Crippen LogP contribution in [0.15, 0.2) is 57.9 Å². The van der Waals surface area contributed by atoms with Crippen LogP contribution in [0.3, 0.4) is 0 Å². The Morgan fingerprint density at radius 3 is 2.59 bits per heavy atom. The fourth-order valence-electron chi connectivity index (χ4n) is 2.67. The zero-order chi connectivity index (χ0) is 20.8. The number of para-hydroxylation sites is 1. The summed E-state index contributed by atoms with van der Waals surface area (Å²) in [6.45, 7) is 0.582. The number of carbonyl (C=O) groups excluding carboxylic acids is 1. The van der Waals surface area contributed by atoms with E-state index in [1.54, 1.807) is 30.3 Å². The molecule has 0 aliphatic heterocycles. The van der Waals surface area contributed by atoms with Crippen LogP contribution in [0.5, 0.6) is 5.75 Å². The minimum absolute atomic E-state index is 0.0173. The summed E-state index contributed by atoms with van der Waals surface area (Å²) in [5.41, 5.74) is 2.56. The Morgan fingerprint density at radius 2 is 1.86 bits per heavy atom. The third kappa shape index (κ3) is 5.35. The molecule has 0 unspecified atom stereocenters. The molecule has 0 amide bonds. The van der Waals surface area contributed by atoms with Gasteiger partial charge in [-0.2, -0.15) is 8.78 Å². The molecule has 5 nitrogen and oxygen atoms in total. The average molecular weight is 419 g/mol. The van der Waals surface area contributed by atoms with Gasteiger partial charge in [-0.25, -0.2) is 4.79 Å². The van der Waals surface area contributed by atoms with Crippen LogP contribution in [-0.4, -0.2) is 17.7 Å². The smallest absolute Gasteiger partial charge is 0.387 e. The lowest BCUT2D eigenvalue weighted by molar-refractivity contribution is -0.0510. The lowest BCUT2D eigenvalue weighted by Crippen LogP contribution is -2.09. The molecule has 3 aromatic rings. The van der Waals surface area contributed by atoms with Crippen LogP contribution in [0, 0.1) is 13.8 Å². The molecule has 0 aliphatic carbocycles. The Kier molecular flexibility index (Phi) is 6.87. The quantitative estimate of drug-likeness (QED) is 0.353. The van der Waals surface area contributed by atoms with Crippen LogP contribution in [0.4, 0.5) is 8.78 Å².